The van der Waals surface area contributed by atoms with Crippen LogP contribution in [0.5, 0.6) is 0 Å². The van der Waals surface area contributed by atoms with Crippen LogP contribution in [0.15, 0.2) is 48.8 Å². The summed E-state index contributed by atoms with van der Waals surface area (Å²) < 4.78 is 10.8. The highest BCUT2D eigenvalue weighted by atomic mass is 16.6. The molecule has 1 saturated heterocycles. The van der Waals surface area contributed by atoms with Crippen molar-refractivity contribution in [3.63, 3.8) is 0 Å². The van der Waals surface area contributed by atoms with Crippen molar-refractivity contribution >= 4 is 0 Å². The van der Waals surface area contributed by atoms with Gasteiger partial charge in [0.2, 0.25) is 0 Å². The molecule has 0 amide bonds. The van der Waals surface area contributed by atoms with E-state index >= 15 is 0 Å². The predicted molar refractivity (Wildman–Crippen MR) is 67.2 cm³/mol. The van der Waals surface area contributed by atoms with Gasteiger partial charge in [-0.1, -0.05) is 31.4 Å². The molecule has 2 heteroatoms. The van der Waals surface area contributed by atoms with E-state index in [1.165, 1.54) is 5.57 Å². The van der Waals surface area contributed by atoms with Crippen molar-refractivity contribution in [3.05, 3.63) is 48.8 Å². The molecule has 88 valence electrons. The molecule has 0 radical (unpaired) electrons. The van der Waals surface area contributed by atoms with Gasteiger partial charge in [0.1, 0.15) is 12.4 Å². The van der Waals surface area contributed by atoms with E-state index in [2.05, 4.69) is 19.2 Å². The molecule has 0 spiro atoms. The van der Waals surface area contributed by atoms with Crippen LogP contribution in [0.3, 0.4) is 0 Å². The van der Waals surface area contributed by atoms with Crippen molar-refractivity contribution in [3.8, 4) is 0 Å². The summed E-state index contributed by atoms with van der Waals surface area (Å²) in [6.07, 6.45) is 9.97. The summed E-state index contributed by atoms with van der Waals surface area (Å²) in [7, 11) is 0. The summed E-state index contributed by atoms with van der Waals surface area (Å²) in [6, 6.07) is 0. The molecule has 0 bridgehead atoms. The van der Waals surface area contributed by atoms with Gasteiger partial charge in [-0.2, -0.15) is 0 Å². The molecule has 0 aromatic carbocycles. The fraction of sp³-hybridized carbons (Fsp3) is 0.429. The highest BCUT2D eigenvalue weighted by molar-refractivity contribution is 5.28. The van der Waals surface area contributed by atoms with Gasteiger partial charge >= 0.3 is 0 Å². The Morgan fingerprint density at radius 2 is 2.25 bits per heavy atom. The molecule has 0 N–H and O–H groups in total. The Morgan fingerprint density at radius 1 is 1.50 bits per heavy atom. The third-order valence-electron chi connectivity index (χ3n) is 2.43. The van der Waals surface area contributed by atoms with Crippen LogP contribution in [0.1, 0.15) is 19.8 Å². The number of hydrogen-bond acceptors (Lipinski definition) is 2. The molecule has 1 aliphatic heterocycles. The second-order valence-electron chi connectivity index (χ2n) is 3.67. The normalized spacial score (nSPS) is 20.4. The lowest BCUT2D eigenvalue weighted by molar-refractivity contribution is 0.253. The van der Waals surface area contributed by atoms with E-state index < -0.39 is 0 Å². The quantitative estimate of drug-likeness (QED) is 0.271. The minimum Gasteiger partial charge on any atom is -0.489 e. The zero-order valence-corrected chi connectivity index (χ0v) is 9.95. The standard InChI is InChI=1S/C14H20O2/c1-4-7-14(15-10-5-2)12(6-3)8-9-13-11-16-13/h4-7,13H,1-2,8-11H2,3H3/b12-6-,14-7+. The Morgan fingerprint density at radius 3 is 2.75 bits per heavy atom. The summed E-state index contributed by atoms with van der Waals surface area (Å²) in [4.78, 5) is 0. The van der Waals surface area contributed by atoms with Crippen LogP contribution in [-0.4, -0.2) is 19.3 Å². The van der Waals surface area contributed by atoms with Gasteiger partial charge in [0, 0.05) is 0 Å². The van der Waals surface area contributed by atoms with E-state index in [9.17, 15) is 0 Å². The Labute approximate surface area is 97.9 Å². The van der Waals surface area contributed by atoms with E-state index in [0.717, 1.165) is 25.2 Å². The smallest absolute Gasteiger partial charge is 0.122 e. The van der Waals surface area contributed by atoms with E-state index in [1.54, 1.807) is 12.2 Å². The SMILES string of the molecule is C=C/C=C(OCC=C)\C(=C/C)CCC1CO1. The molecule has 16 heavy (non-hydrogen) atoms. The fourth-order valence-corrected chi connectivity index (χ4v) is 1.46. The van der Waals surface area contributed by atoms with Gasteiger partial charge in [0.05, 0.1) is 12.7 Å². The van der Waals surface area contributed by atoms with Crippen molar-refractivity contribution in [1.29, 1.82) is 0 Å². The topological polar surface area (TPSA) is 21.8 Å². The van der Waals surface area contributed by atoms with Crippen LogP contribution < -0.4 is 0 Å². The lowest BCUT2D eigenvalue weighted by Gasteiger charge is -2.11. The van der Waals surface area contributed by atoms with Crippen LogP contribution in [-0.2, 0) is 9.47 Å². The number of epoxide rings is 1. The average molecular weight is 220 g/mol. The van der Waals surface area contributed by atoms with Crippen LogP contribution >= 0.6 is 0 Å². The molecule has 1 rings (SSSR count). The second kappa shape index (κ2) is 7.07. The summed E-state index contributed by atoms with van der Waals surface area (Å²) >= 11 is 0. The molecule has 2 nitrogen and oxygen atoms in total. The number of ether oxygens (including phenoxy) is 2. The molecule has 0 aromatic rings. The number of hydrogen-bond donors (Lipinski definition) is 0. The van der Waals surface area contributed by atoms with Gasteiger partial charge in [-0.3, -0.25) is 0 Å². The lowest BCUT2D eigenvalue weighted by Crippen LogP contribution is -1.98. The Bertz CT molecular complexity index is 296. The summed E-state index contributed by atoms with van der Waals surface area (Å²) in [5, 5.41) is 0. The summed E-state index contributed by atoms with van der Waals surface area (Å²) in [5.74, 6) is 0.887. The largest absolute Gasteiger partial charge is 0.489 e. The average Bonchev–Trinajstić information content (AvgIpc) is 3.10. The molecule has 0 aliphatic carbocycles. The highest BCUT2D eigenvalue weighted by Crippen LogP contribution is 2.23. The zero-order chi connectivity index (χ0) is 11.8. The first kappa shape index (κ1) is 12.8. The zero-order valence-electron chi connectivity index (χ0n) is 9.95. The van der Waals surface area contributed by atoms with Gasteiger partial charge in [0.15, 0.2) is 0 Å². The molecule has 1 aliphatic rings. The van der Waals surface area contributed by atoms with Gasteiger partial charge in [-0.15, -0.1) is 0 Å². The monoisotopic (exact) mass is 220 g/mol. The Hall–Kier alpha value is -1.28. The van der Waals surface area contributed by atoms with Crippen molar-refractivity contribution in [2.45, 2.75) is 25.9 Å². The maximum atomic E-state index is 5.60. The van der Waals surface area contributed by atoms with Gasteiger partial charge < -0.3 is 9.47 Å². The van der Waals surface area contributed by atoms with Crippen LogP contribution in [0.4, 0.5) is 0 Å². The van der Waals surface area contributed by atoms with E-state index in [0.29, 0.717) is 12.7 Å². The molecule has 0 saturated carbocycles. The fourth-order valence-electron chi connectivity index (χ4n) is 1.46. The first-order chi connectivity index (χ1) is 7.81. The lowest BCUT2D eigenvalue weighted by atomic mass is 10.1. The number of rotatable bonds is 8. The first-order valence-electron chi connectivity index (χ1n) is 5.65. The van der Waals surface area contributed by atoms with Crippen molar-refractivity contribution in [2.75, 3.05) is 13.2 Å². The maximum absolute atomic E-state index is 5.60. The van der Waals surface area contributed by atoms with E-state index in [4.69, 9.17) is 9.47 Å². The van der Waals surface area contributed by atoms with Crippen LogP contribution in [0.25, 0.3) is 0 Å². The first-order valence-corrected chi connectivity index (χ1v) is 5.65. The highest BCUT2D eigenvalue weighted by Gasteiger charge is 2.22. The van der Waals surface area contributed by atoms with Crippen LogP contribution in [0.2, 0.25) is 0 Å². The van der Waals surface area contributed by atoms with Crippen LogP contribution in [0, 0.1) is 0 Å². The molecule has 1 unspecified atom stereocenters. The van der Waals surface area contributed by atoms with E-state index in [-0.39, 0.29) is 0 Å². The number of allylic oxidation sites excluding steroid dienone is 4. The van der Waals surface area contributed by atoms with Gasteiger partial charge in [0.25, 0.3) is 0 Å². The molecular weight excluding hydrogens is 200 g/mol. The minimum absolute atomic E-state index is 0.458. The molecule has 1 fully saturated rings. The van der Waals surface area contributed by atoms with Gasteiger partial charge in [-0.25, -0.2) is 0 Å². The molecule has 0 aromatic heterocycles. The summed E-state index contributed by atoms with van der Waals surface area (Å²) in [6.45, 7) is 10.8. The molecular formula is C14H20O2. The van der Waals surface area contributed by atoms with Crippen molar-refractivity contribution < 1.29 is 9.47 Å². The molecule has 1 atom stereocenters. The van der Waals surface area contributed by atoms with E-state index in [1.807, 2.05) is 13.0 Å². The molecule has 1 heterocycles. The third-order valence-corrected chi connectivity index (χ3v) is 2.43. The predicted octanol–water partition coefficient (Wildman–Crippen LogP) is 3.38. The van der Waals surface area contributed by atoms with Gasteiger partial charge in [-0.05, 0) is 31.4 Å². The maximum Gasteiger partial charge on any atom is 0.122 e. The second-order valence-corrected chi connectivity index (χ2v) is 3.67. The summed E-state index contributed by atoms with van der Waals surface area (Å²) in [5.41, 5.74) is 1.21. The van der Waals surface area contributed by atoms with Crippen molar-refractivity contribution in [1.82, 2.24) is 0 Å². The Kier molecular flexibility index (Phi) is 5.65. The van der Waals surface area contributed by atoms with Crippen molar-refractivity contribution in [2.24, 2.45) is 0 Å². The Balaban J connectivity index is 2.53. The minimum atomic E-state index is 0.458. The third kappa shape index (κ3) is 4.49.